The second-order valence-electron chi connectivity index (χ2n) is 12.3. The molecular weight excluding hydrogens is 611 g/mol. The van der Waals surface area contributed by atoms with Crippen LogP contribution in [0.3, 0.4) is 0 Å². The van der Waals surface area contributed by atoms with Crippen molar-refractivity contribution in [1.82, 2.24) is 5.32 Å². The maximum atomic E-state index is 12.0. The summed E-state index contributed by atoms with van der Waals surface area (Å²) in [6.45, 7) is 2.76. The van der Waals surface area contributed by atoms with Crippen LogP contribution in [0.15, 0.2) is 36.4 Å². The van der Waals surface area contributed by atoms with Gasteiger partial charge in [-0.1, -0.05) is 46.6 Å². The van der Waals surface area contributed by atoms with Gasteiger partial charge >= 0.3 is 5.97 Å². The minimum Gasteiger partial charge on any atom is -0.508 e. The fourth-order valence-electron chi connectivity index (χ4n) is 7.42. The van der Waals surface area contributed by atoms with Gasteiger partial charge in [0, 0.05) is 65.3 Å². The number of phenolic OH excluding ortho intramolecular Hbond substituents is 2. The number of carbonyl (C=O) groups excluding carboxylic acids is 1. The minimum atomic E-state index is -0.437. The Bertz CT molecular complexity index is 1610. The van der Waals surface area contributed by atoms with Crippen LogP contribution >= 0.6 is 21.6 Å². The van der Waals surface area contributed by atoms with Crippen molar-refractivity contribution < 1.29 is 34.0 Å². The summed E-state index contributed by atoms with van der Waals surface area (Å²) in [5, 5.41) is 25.1. The molecule has 3 N–H and O–H groups in total. The highest BCUT2D eigenvalue weighted by molar-refractivity contribution is 8.76. The zero-order valence-electron chi connectivity index (χ0n) is 25.6. The Morgan fingerprint density at radius 2 is 1.89 bits per heavy atom. The van der Waals surface area contributed by atoms with Gasteiger partial charge in [0.15, 0.2) is 11.5 Å². The highest BCUT2D eigenvalue weighted by Gasteiger charge is 2.43. The lowest BCUT2D eigenvalue weighted by Gasteiger charge is -2.30. The van der Waals surface area contributed by atoms with Crippen LogP contribution in [0.25, 0.3) is 11.1 Å². The van der Waals surface area contributed by atoms with Gasteiger partial charge in [-0.15, -0.1) is 0 Å². The van der Waals surface area contributed by atoms with Gasteiger partial charge in [-0.3, -0.25) is 4.79 Å². The first-order valence-corrected chi connectivity index (χ1v) is 18.2. The zero-order valence-corrected chi connectivity index (χ0v) is 27.2. The molecule has 2 heterocycles. The lowest BCUT2D eigenvalue weighted by molar-refractivity contribution is -0.141. The molecule has 238 valence electrons. The third kappa shape index (κ3) is 5.92. The number of rotatable bonds is 8. The smallest absolute Gasteiger partial charge is 0.302 e. The predicted molar refractivity (Wildman–Crippen MR) is 177 cm³/mol. The van der Waals surface area contributed by atoms with Gasteiger partial charge in [0.05, 0.1) is 13.0 Å². The van der Waals surface area contributed by atoms with Crippen molar-refractivity contribution in [2.75, 3.05) is 32.6 Å². The van der Waals surface area contributed by atoms with E-state index in [-0.39, 0.29) is 35.9 Å². The van der Waals surface area contributed by atoms with Crippen LogP contribution in [0.1, 0.15) is 78.4 Å². The van der Waals surface area contributed by atoms with Crippen molar-refractivity contribution in [2.24, 2.45) is 0 Å². The topological polar surface area (TPSA) is 106 Å². The molecule has 3 aromatic carbocycles. The second-order valence-corrected chi connectivity index (χ2v) is 14.8. The number of methoxy groups -OCH3 is 1. The average molecular weight is 650 g/mol. The van der Waals surface area contributed by atoms with E-state index in [4.69, 9.17) is 18.9 Å². The van der Waals surface area contributed by atoms with Crippen LogP contribution in [-0.4, -0.2) is 54.8 Å². The number of phenols is 2. The zero-order chi connectivity index (χ0) is 31.1. The molecule has 1 fully saturated rings. The predicted octanol–water partition coefficient (Wildman–Crippen LogP) is 7.00. The molecule has 0 aromatic heterocycles. The highest BCUT2D eigenvalue weighted by atomic mass is 33.1. The third-order valence-corrected chi connectivity index (χ3v) is 11.9. The summed E-state index contributed by atoms with van der Waals surface area (Å²) in [5.74, 6) is 3.26. The molecule has 2 aliphatic heterocycles. The molecule has 3 aromatic rings. The van der Waals surface area contributed by atoms with Crippen LogP contribution in [0.5, 0.6) is 28.7 Å². The van der Waals surface area contributed by atoms with Crippen molar-refractivity contribution in [3.63, 3.8) is 0 Å². The van der Waals surface area contributed by atoms with Crippen molar-refractivity contribution >= 4 is 27.6 Å². The summed E-state index contributed by atoms with van der Waals surface area (Å²) in [4.78, 5) is 12.0. The molecule has 2 aliphatic carbocycles. The number of fused-ring (bicyclic) bond motifs is 5. The van der Waals surface area contributed by atoms with Crippen LogP contribution < -0.4 is 19.5 Å². The lowest BCUT2D eigenvalue weighted by Crippen LogP contribution is -2.30. The number of carbonyl (C=O) groups is 1. The molecule has 7 rings (SSSR count). The monoisotopic (exact) mass is 649 g/mol. The lowest BCUT2D eigenvalue weighted by atomic mass is 9.77. The van der Waals surface area contributed by atoms with Gasteiger partial charge in [-0.25, -0.2) is 0 Å². The Kier molecular flexibility index (Phi) is 8.72. The van der Waals surface area contributed by atoms with Crippen LogP contribution in [0.4, 0.5) is 0 Å². The molecule has 4 aliphatic rings. The summed E-state index contributed by atoms with van der Waals surface area (Å²) in [6.07, 6.45) is 5.25. The molecule has 1 saturated carbocycles. The van der Waals surface area contributed by atoms with Crippen LogP contribution in [-0.2, 0) is 21.7 Å². The standard InChI is InChI=1S/C35H39NO7S2/c1-19(37)42-16-28-25-7-8-26-32-20(12-24(38)14-31(32)40-2)11-22-18-45-44-17-21-13-29(39)30(41-10-9-36-23-5-3-4-6-23)15-27(21)34(28)43-35(25)33(22)26/h7-8,12-15,22-23,28,34,36,38-39H,3-6,9-11,16-18H2,1-2H3/t22-,28+,34-/m1/s1. The van der Waals surface area contributed by atoms with Gasteiger partial charge in [0.25, 0.3) is 0 Å². The Morgan fingerprint density at radius 1 is 1.04 bits per heavy atom. The first kappa shape index (κ1) is 30.4. The van der Waals surface area contributed by atoms with Crippen molar-refractivity contribution in [3.8, 4) is 39.9 Å². The second kappa shape index (κ2) is 12.9. The molecule has 0 spiro atoms. The van der Waals surface area contributed by atoms with E-state index in [1.807, 2.05) is 12.1 Å². The fourth-order valence-corrected chi connectivity index (χ4v) is 9.83. The first-order chi connectivity index (χ1) is 21.9. The minimum absolute atomic E-state index is 0.114. The Labute approximate surface area is 271 Å². The van der Waals surface area contributed by atoms with E-state index in [9.17, 15) is 15.0 Å². The quantitative estimate of drug-likeness (QED) is 0.134. The first-order valence-electron chi connectivity index (χ1n) is 15.7. The number of aromatic hydroxyl groups is 2. The van der Waals surface area contributed by atoms with E-state index < -0.39 is 6.10 Å². The van der Waals surface area contributed by atoms with Gasteiger partial charge in [-0.05, 0) is 54.2 Å². The van der Waals surface area contributed by atoms with Crippen molar-refractivity contribution in [3.05, 3.63) is 64.2 Å². The summed E-state index contributed by atoms with van der Waals surface area (Å²) >= 11 is 0. The molecule has 8 nitrogen and oxygen atoms in total. The summed E-state index contributed by atoms with van der Waals surface area (Å²) in [5.41, 5.74) is 7.10. The van der Waals surface area contributed by atoms with Crippen molar-refractivity contribution in [2.45, 2.75) is 68.8 Å². The molecule has 3 atom stereocenters. The number of benzene rings is 3. The number of hydrogen-bond acceptors (Lipinski definition) is 10. The molecule has 10 heteroatoms. The maximum Gasteiger partial charge on any atom is 0.302 e. The molecule has 2 bridgehead atoms. The van der Waals surface area contributed by atoms with Gasteiger partial charge in [0.2, 0.25) is 0 Å². The van der Waals surface area contributed by atoms with E-state index in [2.05, 4.69) is 17.4 Å². The van der Waals surface area contributed by atoms with Crippen LogP contribution in [0.2, 0.25) is 0 Å². The van der Waals surface area contributed by atoms with E-state index in [1.54, 1.807) is 40.8 Å². The van der Waals surface area contributed by atoms with Gasteiger partial charge in [-0.2, -0.15) is 0 Å². The molecule has 0 amide bonds. The molecule has 0 radical (unpaired) electrons. The Balaban J connectivity index is 1.29. The molecule has 45 heavy (non-hydrogen) atoms. The maximum absolute atomic E-state index is 12.0. The fraction of sp³-hybridized carbons (Fsp3) is 0.457. The van der Waals surface area contributed by atoms with Gasteiger partial charge in [0.1, 0.15) is 36.6 Å². The summed E-state index contributed by atoms with van der Waals surface area (Å²) in [7, 11) is 5.18. The number of ether oxygens (including phenoxy) is 4. The van der Waals surface area contributed by atoms with Crippen LogP contribution in [0, 0.1) is 0 Å². The van der Waals surface area contributed by atoms with E-state index in [1.165, 1.54) is 32.6 Å². The SMILES string of the molecule is COc1cc(O)cc2c1-c1ccc3c4c1[C@@H](CSSCc1cc(O)c(OCCNC5CCCC5)cc1[C@@H](O4)[C@H]3COC(C)=O)C2. The highest BCUT2D eigenvalue weighted by Crippen LogP contribution is 2.58. The number of nitrogens with one attached hydrogen (secondary N) is 1. The van der Waals surface area contributed by atoms with Crippen molar-refractivity contribution in [1.29, 1.82) is 0 Å². The average Bonchev–Trinajstić information content (AvgIpc) is 3.67. The van der Waals surface area contributed by atoms with E-state index in [0.29, 0.717) is 36.4 Å². The van der Waals surface area contributed by atoms with Gasteiger partial charge < -0.3 is 34.5 Å². The Morgan fingerprint density at radius 3 is 2.69 bits per heavy atom. The Hall–Kier alpha value is -3.21. The number of esters is 1. The molecule has 0 unspecified atom stereocenters. The summed E-state index contributed by atoms with van der Waals surface area (Å²) < 4.78 is 24.5. The summed E-state index contributed by atoms with van der Waals surface area (Å²) in [6, 6.07) is 12.0. The molecular formula is C35H39NO7S2. The largest absolute Gasteiger partial charge is 0.508 e. The molecule has 0 saturated heterocycles. The normalized spacial score (nSPS) is 21.7. The third-order valence-electron chi connectivity index (χ3n) is 9.48. The number of hydrogen-bond donors (Lipinski definition) is 3. The van der Waals surface area contributed by atoms with E-state index in [0.717, 1.165) is 56.9 Å². The van der Waals surface area contributed by atoms with E-state index >= 15 is 0 Å².